The number of aryl methyl sites for hydroxylation is 3. The molecule has 0 unspecified atom stereocenters. The first-order valence-electron chi connectivity index (χ1n) is 18.2. The Bertz CT molecular complexity index is 2240. The van der Waals surface area contributed by atoms with Crippen LogP contribution in [0.25, 0.3) is 11.1 Å². The summed E-state index contributed by atoms with van der Waals surface area (Å²) in [6.45, 7) is 10.2. The van der Waals surface area contributed by atoms with Gasteiger partial charge in [0, 0.05) is 24.2 Å². The zero-order chi connectivity index (χ0) is 35.6. The van der Waals surface area contributed by atoms with Gasteiger partial charge < -0.3 is 14.6 Å². The quantitative estimate of drug-likeness (QED) is 0.177. The number of sulfonamides is 1. The molecule has 2 heterocycles. The van der Waals surface area contributed by atoms with E-state index in [1.807, 2.05) is 25.1 Å². The largest absolute Gasteiger partial charge is 0.377 e. The van der Waals surface area contributed by atoms with Crippen LogP contribution in [0.5, 0.6) is 0 Å². The Balaban J connectivity index is 1.05. The van der Waals surface area contributed by atoms with E-state index in [0.29, 0.717) is 64.8 Å². The van der Waals surface area contributed by atoms with Gasteiger partial charge in [-0.1, -0.05) is 54.9 Å². The lowest BCUT2D eigenvalue weighted by Gasteiger charge is -3.07. The van der Waals surface area contributed by atoms with Crippen LogP contribution in [0.1, 0.15) is 71.0 Å². The number of nitrogens with zero attached hydrogens (tertiary/aromatic N) is 3. The molecule has 6 aliphatic carbocycles. The molecule has 12 heteroatoms. The van der Waals surface area contributed by atoms with E-state index in [9.17, 15) is 18.0 Å². The first-order valence-corrected chi connectivity index (χ1v) is 19.7. The van der Waals surface area contributed by atoms with Crippen molar-refractivity contribution < 1.29 is 22.5 Å². The summed E-state index contributed by atoms with van der Waals surface area (Å²) in [7, 11) is -4.05. The molecule has 0 bridgehead atoms. The fourth-order valence-electron chi connectivity index (χ4n) is 10.7. The number of unbranched alkanes of at least 4 members (excludes halogenated alkanes) is 1. The highest BCUT2D eigenvalue weighted by molar-refractivity contribution is 7.92. The van der Waals surface area contributed by atoms with Crippen LogP contribution in [-0.4, -0.2) is 41.2 Å². The second-order valence-corrected chi connectivity index (χ2v) is 16.9. The summed E-state index contributed by atoms with van der Waals surface area (Å²) >= 11 is 0. The molecule has 6 aliphatic rings. The lowest BCUT2D eigenvalue weighted by atomic mass is 8.98. The maximum absolute atomic E-state index is 14.3. The Labute approximate surface area is 297 Å². The van der Waals surface area contributed by atoms with Crippen LogP contribution in [0.15, 0.2) is 56.7 Å². The zero-order valence-corrected chi connectivity index (χ0v) is 30.3. The monoisotopic (exact) mass is 709 g/mol. The van der Waals surface area contributed by atoms with Crippen LogP contribution in [0.2, 0.25) is 0 Å². The van der Waals surface area contributed by atoms with E-state index >= 15 is 0 Å². The fraction of sp³-hybridized carbons (Fsp3) is 0.487. The smallest absolute Gasteiger partial charge is 0.266 e. The lowest BCUT2D eigenvalue weighted by molar-refractivity contribution is -0.577. The molecule has 2 N–H and O–H groups in total. The molecular formula is C39H43N5O6S. The third kappa shape index (κ3) is 4.29. The lowest BCUT2D eigenvalue weighted by Crippen LogP contribution is -3.11. The van der Waals surface area contributed by atoms with Crippen molar-refractivity contribution in [3.63, 3.8) is 0 Å². The van der Waals surface area contributed by atoms with Gasteiger partial charge in [-0.2, -0.15) is 0 Å². The summed E-state index contributed by atoms with van der Waals surface area (Å²) in [5, 5.41) is 7.27. The molecule has 2 aromatic heterocycles. The molecule has 0 spiro atoms. The van der Waals surface area contributed by atoms with Crippen LogP contribution >= 0.6 is 0 Å². The van der Waals surface area contributed by atoms with Crippen molar-refractivity contribution in [2.24, 2.45) is 41.4 Å². The average molecular weight is 710 g/mol. The van der Waals surface area contributed by atoms with Gasteiger partial charge in [0.15, 0.2) is 5.82 Å². The van der Waals surface area contributed by atoms with Gasteiger partial charge in [0.1, 0.15) is 17.1 Å². The van der Waals surface area contributed by atoms with Gasteiger partial charge in [-0.05, 0) is 98.3 Å². The Hall–Kier alpha value is -4.29. The highest BCUT2D eigenvalue weighted by Crippen LogP contribution is 3.02. The third-order valence-electron chi connectivity index (χ3n) is 13.0. The Morgan fingerprint density at radius 1 is 1.00 bits per heavy atom. The molecule has 11 nitrogen and oxygen atoms in total. The van der Waals surface area contributed by atoms with E-state index < -0.39 is 10.0 Å². The highest BCUT2D eigenvalue weighted by Gasteiger charge is 3.04. The van der Waals surface area contributed by atoms with E-state index in [2.05, 4.69) is 22.1 Å². The summed E-state index contributed by atoms with van der Waals surface area (Å²) < 4.78 is 42.8. The molecule has 51 heavy (non-hydrogen) atoms. The van der Waals surface area contributed by atoms with Crippen molar-refractivity contribution in [3.8, 4) is 11.1 Å². The Morgan fingerprint density at radius 2 is 1.73 bits per heavy atom. The zero-order valence-electron chi connectivity index (χ0n) is 29.5. The number of amides is 1. The van der Waals surface area contributed by atoms with Crippen LogP contribution in [0.4, 0.5) is 5.82 Å². The van der Waals surface area contributed by atoms with Crippen molar-refractivity contribution in [1.29, 1.82) is 0 Å². The normalized spacial score (nSPS) is 28.5. The minimum Gasteiger partial charge on any atom is -0.377 e. The topological polar surface area (TPSA) is 145 Å². The maximum atomic E-state index is 14.3. The van der Waals surface area contributed by atoms with Gasteiger partial charge in [0.05, 0.1) is 29.3 Å². The molecular weight excluding hydrogens is 667 g/mol. The summed E-state index contributed by atoms with van der Waals surface area (Å²) in [6, 6.07) is 12.5. The SMILES string of the molecule is CCCCc1nc(C)c(C(=O)NC23C4C5C6C4C2C6C53)c(=O)n1Cc1ccc(-c2ccccc2S(=O)(=O)Nc2noc(C)c2C)c(COCC)c1. The number of carbonyl (C=O) groups is 1. The number of hydrogen-bond donors (Lipinski definition) is 2. The molecule has 0 saturated heterocycles. The van der Waals surface area contributed by atoms with E-state index in [0.717, 1.165) is 47.6 Å². The van der Waals surface area contributed by atoms with Crippen LogP contribution < -0.4 is 15.6 Å². The van der Waals surface area contributed by atoms with E-state index in [4.69, 9.17) is 14.2 Å². The predicted octanol–water partition coefficient (Wildman–Crippen LogP) is 5.40. The third-order valence-corrected chi connectivity index (χ3v) is 14.4. The number of nitrogens with one attached hydrogen (secondary N) is 2. The van der Waals surface area contributed by atoms with E-state index in [1.165, 1.54) is 0 Å². The van der Waals surface area contributed by atoms with Gasteiger partial charge in [-0.25, -0.2) is 13.4 Å². The molecule has 1 amide bonds. The summed E-state index contributed by atoms with van der Waals surface area (Å²) in [4.78, 5) is 33.1. The second kappa shape index (κ2) is 11.4. The molecule has 4 aromatic rings. The number of anilines is 1. The number of carbonyl (C=O) groups excluding carboxylic acids is 1. The van der Waals surface area contributed by atoms with E-state index in [1.54, 1.807) is 49.6 Å². The standard InChI is InChI=1S/C39H43N5O6S/c1-6-8-13-27-40-20(4)28(37(45)41-39-33-30-29-31(33)35(39)32(29)34(30)39)38(46)44(27)17-22-14-15-24(23(16-22)18-49-7-2)25-11-9-10-12-26(25)51(47,48)43-36-19(3)21(5)50-42-36/h9-12,14-16,29-35H,6-8,13,17-18H2,1-5H3,(H,41,45)(H,42,43). The number of benzene rings is 2. The van der Waals surface area contributed by atoms with Crippen molar-refractivity contribution in [2.45, 2.75) is 77.5 Å². The van der Waals surface area contributed by atoms with Gasteiger partial charge in [0.2, 0.25) is 0 Å². The predicted molar refractivity (Wildman–Crippen MR) is 190 cm³/mol. The number of hydrogen-bond acceptors (Lipinski definition) is 8. The fourth-order valence-corrected chi connectivity index (χ4v) is 12.0. The number of ether oxygens (including phenoxy) is 1. The average Bonchev–Trinajstić information content (AvgIpc) is 3.43. The van der Waals surface area contributed by atoms with Gasteiger partial charge in [0.25, 0.3) is 21.5 Å². The van der Waals surface area contributed by atoms with Crippen LogP contribution in [0, 0.1) is 62.2 Å². The van der Waals surface area contributed by atoms with Crippen molar-refractivity contribution in [1.82, 2.24) is 20.0 Å². The molecule has 2 aromatic carbocycles. The molecule has 0 radical (unpaired) electrons. The Kier molecular flexibility index (Phi) is 7.26. The highest BCUT2D eigenvalue weighted by atomic mass is 32.2. The van der Waals surface area contributed by atoms with Crippen molar-refractivity contribution in [3.05, 3.63) is 92.4 Å². The summed E-state index contributed by atoms with van der Waals surface area (Å²) in [6.07, 6.45) is 2.41. The molecule has 266 valence electrons. The molecule has 0 aliphatic heterocycles. The van der Waals surface area contributed by atoms with Crippen LogP contribution in [-0.2, 0) is 34.3 Å². The first kappa shape index (κ1) is 32.6. The van der Waals surface area contributed by atoms with E-state index in [-0.39, 0.29) is 46.4 Å². The molecule has 6 saturated carbocycles. The van der Waals surface area contributed by atoms with Gasteiger partial charge in [-0.15, -0.1) is 0 Å². The Morgan fingerprint density at radius 3 is 2.39 bits per heavy atom. The molecule has 6 fully saturated rings. The minimum absolute atomic E-state index is 0.0630. The first-order chi connectivity index (χ1) is 24.5. The number of rotatable bonds is 14. The van der Waals surface area contributed by atoms with Crippen LogP contribution in [0.3, 0.4) is 0 Å². The van der Waals surface area contributed by atoms with Crippen molar-refractivity contribution >= 4 is 21.7 Å². The minimum atomic E-state index is -4.05. The van der Waals surface area contributed by atoms with Gasteiger partial charge >= 0.3 is 0 Å². The summed E-state index contributed by atoms with van der Waals surface area (Å²) in [5.74, 6) is 6.30. The molecule has 10 rings (SSSR count). The van der Waals surface area contributed by atoms with Gasteiger partial charge in [-0.3, -0.25) is 18.9 Å². The molecule has 0 atom stereocenters. The summed E-state index contributed by atoms with van der Waals surface area (Å²) in [5.41, 5.74) is 3.63. The second-order valence-electron chi connectivity index (χ2n) is 15.2. The maximum Gasteiger partial charge on any atom is 0.266 e. The van der Waals surface area contributed by atoms with Crippen molar-refractivity contribution in [2.75, 3.05) is 11.3 Å². The number of aromatic nitrogens is 3.